The van der Waals surface area contributed by atoms with Gasteiger partial charge in [0.05, 0.1) is 12.8 Å². The fourth-order valence-electron chi connectivity index (χ4n) is 6.24. The molecule has 0 saturated heterocycles. The lowest BCUT2D eigenvalue weighted by molar-refractivity contribution is 0.185. The summed E-state index contributed by atoms with van der Waals surface area (Å²) in [4.78, 5) is 0. The molecule has 0 aromatic heterocycles. The molecular formula is C22H28FIO. The number of halogens is 2. The minimum Gasteiger partial charge on any atom is -0.312 e. The van der Waals surface area contributed by atoms with E-state index < -0.39 is 0 Å². The van der Waals surface area contributed by atoms with Crippen molar-refractivity contribution in [2.24, 2.45) is 5.41 Å². The summed E-state index contributed by atoms with van der Waals surface area (Å²) in [6.07, 6.45) is 10.1. The average molecular weight is 454 g/mol. The van der Waals surface area contributed by atoms with Gasteiger partial charge in [-0.1, -0.05) is 42.3 Å². The normalized spacial score (nSPS) is 33.8. The second-order valence-corrected chi connectivity index (χ2v) is 8.75. The summed E-state index contributed by atoms with van der Waals surface area (Å²) in [5, 5.41) is 0. The third-order valence-electron chi connectivity index (χ3n) is 7.36. The molecule has 4 rings (SSSR count). The Kier molecular flexibility index (Phi) is 5.00. The standard InChI is InChI=1S/C22H28FIO/c1-2-22-12-11-21(10-5-13-23)15-17(25-24)14-20(21)19(22)9-8-16-6-3-4-7-18(16)22/h3-4,6-7,17H,2,5,8-15H2,1H3/t17-,21-,22+/m0/s1. The highest BCUT2D eigenvalue weighted by Crippen LogP contribution is 2.63. The van der Waals surface area contributed by atoms with Crippen LogP contribution < -0.4 is 0 Å². The van der Waals surface area contributed by atoms with Crippen molar-refractivity contribution in [3.63, 3.8) is 0 Å². The van der Waals surface area contributed by atoms with Gasteiger partial charge < -0.3 is 3.07 Å². The molecule has 3 aliphatic rings. The topological polar surface area (TPSA) is 9.23 Å². The zero-order valence-electron chi connectivity index (χ0n) is 15.1. The predicted molar refractivity (Wildman–Crippen MR) is 109 cm³/mol. The van der Waals surface area contributed by atoms with E-state index >= 15 is 0 Å². The SMILES string of the molecule is CC[C@]12CC[C@@]3(CCCF)C[C@@H](OI)CC3=C1CCc1ccccc12. The van der Waals surface area contributed by atoms with Crippen LogP contribution in [-0.4, -0.2) is 12.8 Å². The zero-order chi connectivity index (χ0) is 17.5. The Hall–Kier alpha value is -0.420. The molecule has 1 aromatic carbocycles. The Balaban J connectivity index is 1.85. The molecule has 3 aliphatic carbocycles. The van der Waals surface area contributed by atoms with Crippen LogP contribution in [0.1, 0.15) is 69.4 Å². The summed E-state index contributed by atoms with van der Waals surface area (Å²) in [6, 6.07) is 9.09. The molecule has 25 heavy (non-hydrogen) atoms. The van der Waals surface area contributed by atoms with Gasteiger partial charge in [-0.3, -0.25) is 4.39 Å². The summed E-state index contributed by atoms with van der Waals surface area (Å²) in [7, 11) is 0. The molecule has 3 heteroatoms. The lowest BCUT2D eigenvalue weighted by Gasteiger charge is -2.50. The molecule has 1 nitrogen and oxygen atoms in total. The van der Waals surface area contributed by atoms with Gasteiger partial charge in [-0.05, 0) is 74.3 Å². The first-order valence-electron chi connectivity index (χ1n) is 9.84. The Morgan fingerprint density at radius 2 is 2.04 bits per heavy atom. The van der Waals surface area contributed by atoms with Gasteiger partial charge in [0.1, 0.15) is 23.0 Å². The number of hydrogen-bond donors (Lipinski definition) is 0. The number of allylic oxidation sites excluding steroid dienone is 1. The fourth-order valence-corrected chi connectivity index (χ4v) is 6.60. The Labute approximate surface area is 165 Å². The van der Waals surface area contributed by atoms with E-state index in [1.54, 1.807) is 22.3 Å². The highest BCUT2D eigenvalue weighted by atomic mass is 127. The number of rotatable bonds is 5. The number of fused-ring (bicyclic) bond motifs is 4. The van der Waals surface area contributed by atoms with Crippen molar-refractivity contribution in [1.82, 2.24) is 0 Å². The molecule has 3 atom stereocenters. The van der Waals surface area contributed by atoms with Gasteiger partial charge in [-0.15, -0.1) is 0 Å². The van der Waals surface area contributed by atoms with E-state index in [1.165, 1.54) is 25.7 Å². The molecule has 1 fully saturated rings. The van der Waals surface area contributed by atoms with E-state index in [-0.39, 0.29) is 17.5 Å². The van der Waals surface area contributed by atoms with Crippen molar-refractivity contribution in [1.29, 1.82) is 0 Å². The Morgan fingerprint density at radius 3 is 2.80 bits per heavy atom. The van der Waals surface area contributed by atoms with Crippen molar-refractivity contribution in [2.75, 3.05) is 6.67 Å². The minimum atomic E-state index is -0.193. The predicted octanol–water partition coefficient (Wildman–Crippen LogP) is 6.64. The summed E-state index contributed by atoms with van der Waals surface area (Å²) in [5.41, 5.74) is 6.92. The van der Waals surface area contributed by atoms with Gasteiger partial charge >= 0.3 is 0 Å². The molecule has 0 radical (unpaired) electrons. The van der Waals surface area contributed by atoms with Crippen LogP contribution in [-0.2, 0) is 14.9 Å². The van der Waals surface area contributed by atoms with Crippen LogP contribution in [0.15, 0.2) is 35.4 Å². The molecule has 1 aromatic rings. The van der Waals surface area contributed by atoms with Crippen molar-refractivity contribution in [2.45, 2.75) is 76.2 Å². The second-order valence-electron chi connectivity index (χ2n) is 8.24. The smallest absolute Gasteiger partial charge is 0.110 e. The molecule has 0 amide bonds. The molecule has 0 unspecified atom stereocenters. The zero-order valence-corrected chi connectivity index (χ0v) is 17.3. The number of benzene rings is 1. The van der Waals surface area contributed by atoms with Gasteiger partial charge in [-0.2, -0.15) is 0 Å². The van der Waals surface area contributed by atoms with Crippen LogP contribution in [0, 0.1) is 5.41 Å². The van der Waals surface area contributed by atoms with E-state index in [1.807, 2.05) is 0 Å². The van der Waals surface area contributed by atoms with E-state index in [0.29, 0.717) is 12.5 Å². The van der Waals surface area contributed by atoms with Crippen LogP contribution in [0.5, 0.6) is 0 Å². The van der Waals surface area contributed by atoms with Gasteiger partial charge in [0.15, 0.2) is 0 Å². The fraction of sp³-hybridized carbons (Fsp3) is 0.636. The Morgan fingerprint density at radius 1 is 1.20 bits per heavy atom. The second kappa shape index (κ2) is 6.95. The molecule has 1 saturated carbocycles. The minimum absolute atomic E-state index is 0.193. The van der Waals surface area contributed by atoms with Gasteiger partial charge in [0, 0.05) is 5.41 Å². The first kappa shape index (κ1) is 18.0. The van der Waals surface area contributed by atoms with E-state index in [2.05, 4.69) is 54.2 Å². The van der Waals surface area contributed by atoms with E-state index in [4.69, 9.17) is 3.07 Å². The molecular weight excluding hydrogens is 426 g/mol. The largest absolute Gasteiger partial charge is 0.312 e. The monoisotopic (exact) mass is 454 g/mol. The highest BCUT2D eigenvalue weighted by Gasteiger charge is 2.53. The van der Waals surface area contributed by atoms with Crippen molar-refractivity contribution >= 4 is 23.0 Å². The molecule has 0 N–H and O–H groups in total. The van der Waals surface area contributed by atoms with Crippen LogP contribution in [0.25, 0.3) is 0 Å². The van der Waals surface area contributed by atoms with Gasteiger partial charge in [-0.25, -0.2) is 0 Å². The number of hydrogen-bond acceptors (Lipinski definition) is 1. The first-order chi connectivity index (χ1) is 12.2. The van der Waals surface area contributed by atoms with Gasteiger partial charge in [0.2, 0.25) is 0 Å². The molecule has 0 aliphatic heterocycles. The first-order valence-corrected chi connectivity index (χ1v) is 10.7. The third kappa shape index (κ3) is 2.72. The van der Waals surface area contributed by atoms with Crippen molar-refractivity contribution < 1.29 is 7.46 Å². The highest BCUT2D eigenvalue weighted by molar-refractivity contribution is 14.1. The van der Waals surface area contributed by atoms with Crippen molar-refractivity contribution in [3.05, 3.63) is 46.5 Å². The molecule has 0 bridgehead atoms. The number of alkyl halides is 1. The number of aryl methyl sites for hydroxylation is 1. The quantitative estimate of drug-likeness (QED) is 0.358. The van der Waals surface area contributed by atoms with Crippen LogP contribution in [0.3, 0.4) is 0 Å². The van der Waals surface area contributed by atoms with E-state index in [0.717, 1.165) is 25.7 Å². The molecule has 136 valence electrons. The summed E-state index contributed by atoms with van der Waals surface area (Å²) in [5.74, 6) is 0. The maximum absolute atomic E-state index is 13.0. The van der Waals surface area contributed by atoms with Crippen LogP contribution in [0.4, 0.5) is 4.39 Å². The summed E-state index contributed by atoms with van der Waals surface area (Å²) >= 11 is 2.07. The average Bonchev–Trinajstić information content (AvgIpc) is 3.05. The maximum atomic E-state index is 13.0. The maximum Gasteiger partial charge on any atom is 0.110 e. The van der Waals surface area contributed by atoms with E-state index in [9.17, 15) is 4.39 Å². The lowest BCUT2D eigenvalue weighted by atomic mass is 9.53. The van der Waals surface area contributed by atoms with Crippen LogP contribution >= 0.6 is 23.0 Å². The molecule has 0 heterocycles. The summed E-state index contributed by atoms with van der Waals surface area (Å²) in [6.45, 7) is 2.17. The van der Waals surface area contributed by atoms with Crippen molar-refractivity contribution in [3.8, 4) is 0 Å². The van der Waals surface area contributed by atoms with Crippen LogP contribution in [0.2, 0.25) is 0 Å². The Bertz CT molecular complexity index is 684. The summed E-state index contributed by atoms with van der Waals surface area (Å²) < 4.78 is 18.8. The van der Waals surface area contributed by atoms with Gasteiger partial charge in [0.25, 0.3) is 0 Å². The lowest BCUT2D eigenvalue weighted by Crippen LogP contribution is -2.41. The third-order valence-corrected chi connectivity index (χ3v) is 8.08. The molecule has 0 spiro atoms.